The van der Waals surface area contributed by atoms with Gasteiger partial charge in [0.2, 0.25) is 0 Å². The Hall–Kier alpha value is -9.80. The predicted octanol–water partition coefficient (Wildman–Crippen LogP) is 18.0. The summed E-state index contributed by atoms with van der Waals surface area (Å²) in [6, 6.07) is 74.3. The van der Waals surface area contributed by atoms with Crippen molar-refractivity contribution in [1.82, 2.24) is 14.7 Å². The number of aliphatic hydroxyl groups excluding tert-OH is 1. The van der Waals surface area contributed by atoms with E-state index in [0.717, 1.165) is 85.5 Å². The number of nitrogens with zero attached hydrogens (tertiary/aromatic N) is 6. The summed E-state index contributed by atoms with van der Waals surface area (Å²) in [6.45, 7) is 8.26. The molecule has 10 aromatic carbocycles. The summed E-state index contributed by atoms with van der Waals surface area (Å²) in [5, 5.41) is 56.0. The van der Waals surface area contributed by atoms with Crippen molar-refractivity contribution in [3.8, 4) is 0 Å². The molecule has 2 saturated heterocycles. The van der Waals surface area contributed by atoms with E-state index < -0.39 is 28.8 Å². The zero-order valence-corrected chi connectivity index (χ0v) is 61.0. The van der Waals surface area contributed by atoms with Crippen LogP contribution in [-0.4, -0.2) is 146 Å². The number of nitrogens with two attached hydrogens (primary N) is 1. The van der Waals surface area contributed by atoms with E-state index in [4.69, 9.17) is 46.0 Å². The van der Waals surface area contributed by atoms with E-state index in [1.165, 1.54) is 108 Å². The molecule has 0 unspecified atom stereocenters. The second-order valence-electron chi connectivity index (χ2n) is 23.1. The highest BCUT2D eigenvalue weighted by molar-refractivity contribution is 8.76. The van der Waals surface area contributed by atoms with Crippen LogP contribution in [0.5, 0.6) is 0 Å². The molecular formula is C79H73N7O12S6. The van der Waals surface area contributed by atoms with Gasteiger partial charge < -0.3 is 45.8 Å². The molecule has 19 nitrogen and oxygen atoms in total. The summed E-state index contributed by atoms with van der Waals surface area (Å²) < 4.78 is 5.40. The molecule has 0 spiro atoms. The molecule has 0 radical (unpaired) electrons. The van der Waals surface area contributed by atoms with Crippen LogP contribution in [0.4, 0.5) is 22.7 Å². The first-order chi connectivity index (χ1) is 50.6. The fraction of sp³-hybridized carbons (Fsp3) is 0.165. The number of ether oxygens (including phenoxy) is 1. The topological polar surface area (TPSA) is 282 Å². The van der Waals surface area contributed by atoms with Crippen molar-refractivity contribution < 1.29 is 54.4 Å². The molecule has 0 saturated carbocycles. The lowest BCUT2D eigenvalue weighted by molar-refractivity contribution is -0.387. The molecule has 532 valence electrons. The van der Waals surface area contributed by atoms with E-state index in [9.17, 15) is 29.3 Å². The number of nitro benzene ring substituents is 1. The monoisotopic (exact) mass is 1500 g/mol. The van der Waals surface area contributed by atoms with Crippen LogP contribution in [0, 0.1) is 10.1 Å². The Morgan fingerprint density at radius 3 is 1.25 bits per heavy atom. The summed E-state index contributed by atoms with van der Waals surface area (Å²) in [5.41, 5.74) is 11.9. The number of carbonyl (C=O) groups is 4. The highest BCUT2D eigenvalue weighted by Crippen LogP contribution is 2.44. The summed E-state index contributed by atoms with van der Waals surface area (Å²) in [6.07, 6.45) is 3.89. The molecule has 4 aliphatic rings. The van der Waals surface area contributed by atoms with E-state index in [1.807, 2.05) is 36.0 Å². The highest BCUT2D eigenvalue weighted by atomic mass is 33.1. The first kappa shape index (κ1) is 76.8. The van der Waals surface area contributed by atoms with Gasteiger partial charge in [0, 0.05) is 113 Å². The average Bonchev–Trinajstić information content (AvgIpc) is 1.64. The van der Waals surface area contributed by atoms with Crippen molar-refractivity contribution in [1.29, 1.82) is 0 Å². The molecule has 10 aromatic rings. The van der Waals surface area contributed by atoms with E-state index in [0.29, 0.717) is 48.9 Å². The Kier molecular flexibility index (Phi) is 28.9. The van der Waals surface area contributed by atoms with Crippen LogP contribution in [-0.2, 0) is 4.74 Å². The van der Waals surface area contributed by atoms with Gasteiger partial charge in [-0.05, 0) is 122 Å². The Morgan fingerprint density at radius 1 is 0.433 bits per heavy atom. The lowest BCUT2D eigenvalue weighted by Crippen LogP contribution is -2.49. The average molecular weight is 1500 g/mol. The number of amidine groups is 2. The van der Waals surface area contributed by atoms with Crippen LogP contribution in [0.3, 0.4) is 0 Å². The maximum Gasteiger partial charge on any atom is 0.336 e. The molecule has 2 fully saturated rings. The van der Waals surface area contributed by atoms with Crippen LogP contribution < -0.4 is 5.73 Å². The normalized spacial score (nSPS) is 13.4. The number of anilines is 1. The molecule has 0 aromatic heterocycles. The number of benzene rings is 10. The first-order valence-corrected chi connectivity index (χ1v) is 38.4. The van der Waals surface area contributed by atoms with Gasteiger partial charge in [-0.1, -0.05) is 202 Å². The third-order valence-corrected chi connectivity index (χ3v) is 23.2. The molecule has 4 aliphatic heterocycles. The number of nitrogen functional groups attached to an aromatic ring is 1. The summed E-state index contributed by atoms with van der Waals surface area (Å²) in [4.78, 5) is 80.8. The van der Waals surface area contributed by atoms with Crippen LogP contribution in [0.25, 0.3) is 0 Å². The fourth-order valence-corrected chi connectivity index (χ4v) is 17.4. The van der Waals surface area contributed by atoms with E-state index in [2.05, 4.69) is 112 Å². The van der Waals surface area contributed by atoms with E-state index >= 15 is 0 Å². The second-order valence-corrected chi connectivity index (χ2v) is 29.6. The number of piperidine rings is 1. The van der Waals surface area contributed by atoms with Gasteiger partial charge in [0.1, 0.15) is 11.7 Å². The molecule has 7 N–H and O–H groups in total. The number of likely N-dealkylation sites (tertiary alicyclic amines) is 1. The first-order valence-electron chi connectivity index (χ1n) is 33.0. The van der Waals surface area contributed by atoms with Crippen LogP contribution >= 0.6 is 68.6 Å². The van der Waals surface area contributed by atoms with E-state index in [-0.39, 0.29) is 29.0 Å². The maximum absolute atomic E-state index is 11.1. The highest BCUT2D eigenvalue weighted by Gasteiger charge is 2.27. The summed E-state index contributed by atoms with van der Waals surface area (Å²) in [5.74, 6) is -1.74. The summed E-state index contributed by atoms with van der Waals surface area (Å²) >= 11 is 6.07. The minimum atomic E-state index is -1.05. The van der Waals surface area contributed by atoms with Gasteiger partial charge in [0.15, 0.2) is 0 Å². The molecule has 0 atom stereocenters. The second kappa shape index (κ2) is 39.2. The molecule has 0 amide bonds. The number of aliphatic imine (C=N–C) groups is 2. The third kappa shape index (κ3) is 21.4. The number of carboxylic acid groups (broad SMARTS) is 4. The fourth-order valence-electron chi connectivity index (χ4n) is 11.0. The lowest BCUT2D eigenvalue weighted by atomic mass is 10.1. The molecule has 0 aliphatic carbocycles. The Morgan fingerprint density at radius 2 is 0.798 bits per heavy atom. The van der Waals surface area contributed by atoms with Crippen LogP contribution in [0.15, 0.2) is 302 Å². The zero-order valence-electron chi connectivity index (χ0n) is 56.1. The Balaban J connectivity index is 0.000000141. The smallest absolute Gasteiger partial charge is 0.336 e. The van der Waals surface area contributed by atoms with Crippen molar-refractivity contribution in [2.45, 2.75) is 68.2 Å². The number of rotatable bonds is 17. The van der Waals surface area contributed by atoms with Crippen molar-refractivity contribution in [3.05, 3.63) is 286 Å². The van der Waals surface area contributed by atoms with Gasteiger partial charge in [-0.3, -0.25) is 15.0 Å². The number of piperazine rings is 1. The number of para-hydroxylation sites is 4. The molecule has 4 heterocycles. The third-order valence-electron chi connectivity index (χ3n) is 16.1. The standard InChI is InChI=1S/C21H25N3O2S.C18H18N2S.C14H10O4S2.C13H9NO4S.C13H11NO2S/c25-14-16-26-15-13-23-9-11-24(12-10-23)21-17-5-1-3-7-19(17)27-20-8-4-2-6-18(20)22-21;1-6-12-20(13-7-1)18-14-8-2-4-10-16(14)21-17-11-5-3-9-15(17)19-18;15-13(16)9-5-1-3-7-11(9)19-20-12-8-4-2-6-10(12)14(17)18;15-13(16)9-5-1-3-7-11(9)19-12-8-4-2-6-10(12)14(17)18;14-10-6-2-4-8-12(10)17-11-7-3-1-5-9(11)13(15)16/h1-8,25H,9-16H2;2-5,8-11H,1,6-7,12-13H2;1-8H,(H,15,16)(H,17,18);1-8H,(H,15,16);1-8H,14H2,(H,15,16). The minimum absolute atomic E-state index is 0.0345. The predicted molar refractivity (Wildman–Crippen MR) is 415 cm³/mol. The van der Waals surface area contributed by atoms with Crippen LogP contribution in [0.1, 0.15) is 71.8 Å². The lowest BCUT2D eigenvalue weighted by Gasteiger charge is -2.36. The van der Waals surface area contributed by atoms with Crippen molar-refractivity contribution >= 4 is 127 Å². The molecule has 104 heavy (non-hydrogen) atoms. The number of carboxylic acids is 4. The van der Waals surface area contributed by atoms with Crippen molar-refractivity contribution in [2.75, 3.05) is 71.4 Å². The Bertz CT molecular complexity index is 4590. The summed E-state index contributed by atoms with van der Waals surface area (Å²) in [7, 11) is 2.47. The van der Waals surface area contributed by atoms with Crippen LogP contribution in [0.2, 0.25) is 0 Å². The quantitative estimate of drug-likeness (QED) is 0.0162. The molecule has 0 bridgehead atoms. The zero-order chi connectivity index (χ0) is 73.2. The number of hydrogen-bond donors (Lipinski definition) is 6. The number of hydrogen-bond acceptors (Lipinski definition) is 20. The SMILES string of the molecule is Nc1ccccc1Sc1ccccc1C(=O)O.O=C(O)c1ccccc1SSc1ccccc1C(=O)O.O=C(O)c1ccccc1Sc1ccccc1[N+](=O)[O-].OCCOCCN1CCN(C2=Nc3ccccc3Sc3ccccc32)CC1.c1ccc2c(c1)N=C(N1CCCCC1)c1ccccc1S2. The molecule has 14 rings (SSSR count). The number of fused-ring (bicyclic) bond motifs is 4. The van der Waals surface area contributed by atoms with Gasteiger partial charge >= 0.3 is 23.9 Å². The van der Waals surface area contributed by atoms with Gasteiger partial charge in [-0.15, -0.1) is 0 Å². The van der Waals surface area contributed by atoms with Crippen molar-refractivity contribution in [2.24, 2.45) is 9.98 Å². The van der Waals surface area contributed by atoms with Gasteiger partial charge in [-0.2, -0.15) is 0 Å². The minimum Gasteiger partial charge on any atom is -0.478 e. The Labute approximate surface area is 627 Å². The van der Waals surface area contributed by atoms with Gasteiger partial charge in [0.05, 0.1) is 63.3 Å². The maximum atomic E-state index is 11.1. The van der Waals surface area contributed by atoms with Gasteiger partial charge in [-0.25, -0.2) is 29.2 Å². The van der Waals surface area contributed by atoms with E-state index in [1.54, 1.807) is 109 Å². The number of aromatic carboxylic acids is 4. The number of aliphatic hydroxyl groups is 1. The van der Waals surface area contributed by atoms with Gasteiger partial charge in [0.25, 0.3) is 5.69 Å². The molecular weight excluding hydrogens is 1430 g/mol. The largest absolute Gasteiger partial charge is 0.478 e. The molecule has 25 heteroatoms. The number of nitro groups is 1. The van der Waals surface area contributed by atoms with Crippen molar-refractivity contribution in [3.63, 3.8) is 0 Å².